The minimum absolute atomic E-state index is 0.219. The van der Waals surface area contributed by atoms with Crippen LogP contribution in [-0.2, 0) is 0 Å². The number of hydrogen-bond acceptors (Lipinski definition) is 1. The normalized spacial score (nSPS) is 10.1. The van der Waals surface area contributed by atoms with Crippen molar-refractivity contribution >= 4 is 17.4 Å². The highest BCUT2D eigenvalue weighted by Gasteiger charge is 2.06. The third-order valence-electron chi connectivity index (χ3n) is 3.25. The van der Waals surface area contributed by atoms with Gasteiger partial charge in [0.1, 0.15) is 0 Å². The molecular formula is C16H18N2O. The van der Waals surface area contributed by atoms with Gasteiger partial charge in [0.15, 0.2) is 0 Å². The molecule has 3 heteroatoms. The molecule has 2 aromatic rings. The van der Waals surface area contributed by atoms with Crippen LogP contribution in [0.1, 0.15) is 16.7 Å². The zero-order valence-corrected chi connectivity index (χ0v) is 11.4. The Morgan fingerprint density at radius 3 is 2.11 bits per heavy atom. The van der Waals surface area contributed by atoms with Gasteiger partial charge in [0, 0.05) is 11.4 Å². The van der Waals surface area contributed by atoms with Crippen molar-refractivity contribution < 1.29 is 4.79 Å². The molecule has 0 unspecified atom stereocenters. The molecule has 0 radical (unpaired) electrons. The summed E-state index contributed by atoms with van der Waals surface area (Å²) in [7, 11) is 0. The molecule has 2 aromatic carbocycles. The fraction of sp³-hybridized carbons (Fsp3) is 0.188. The molecule has 19 heavy (non-hydrogen) atoms. The Balaban J connectivity index is 2.10. The van der Waals surface area contributed by atoms with Gasteiger partial charge in [-0.15, -0.1) is 0 Å². The minimum atomic E-state index is -0.219. The number of anilines is 2. The summed E-state index contributed by atoms with van der Waals surface area (Å²) in [5, 5.41) is 5.73. The van der Waals surface area contributed by atoms with Gasteiger partial charge >= 0.3 is 6.03 Å². The maximum atomic E-state index is 12.0. The number of carbonyl (C=O) groups excluding carboxylic acids is 1. The molecule has 0 aliphatic heterocycles. The van der Waals surface area contributed by atoms with Crippen LogP contribution in [0.2, 0.25) is 0 Å². The number of benzene rings is 2. The van der Waals surface area contributed by atoms with Crippen LogP contribution < -0.4 is 10.6 Å². The number of nitrogens with one attached hydrogen (secondary N) is 2. The second kappa shape index (κ2) is 5.57. The Morgan fingerprint density at radius 2 is 1.37 bits per heavy atom. The van der Waals surface area contributed by atoms with Gasteiger partial charge in [0.25, 0.3) is 0 Å². The summed E-state index contributed by atoms with van der Waals surface area (Å²) < 4.78 is 0. The molecule has 2 rings (SSSR count). The van der Waals surface area contributed by atoms with Crippen LogP contribution in [0.4, 0.5) is 16.2 Å². The Labute approximate surface area is 113 Å². The van der Waals surface area contributed by atoms with E-state index < -0.39 is 0 Å². The molecule has 0 bridgehead atoms. The highest BCUT2D eigenvalue weighted by molar-refractivity contribution is 6.00. The van der Waals surface area contributed by atoms with E-state index in [-0.39, 0.29) is 6.03 Å². The number of rotatable bonds is 2. The molecule has 0 spiro atoms. The van der Waals surface area contributed by atoms with E-state index in [0.29, 0.717) is 0 Å². The van der Waals surface area contributed by atoms with Gasteiger partial charge in [0.05, 0.1) is 0 Å². The molecule has 2 amide bonds. The van der Waals surface area contributed by atoms with E-state index >= 15 is 0 Å². The van der Waals surface area contributed by atoms with Gasteiger partial charge in [-0.25, -0.2) is 4.79 Å². The molecule has 0 aliphatic carbocycles. The molecule has 98 valence electrons. The van der Waals surface area contributed by atoms with E-state index in [0.717, 1.165) is 28.1 Å². The molecule has 3 nitrogen and oxygen atoms in total. The predicted molar refractivity (Wildman–Crippen MR) is 79.7 cm³/mol. The van der Waals surface area contributed by atoms with Crippen LogP contribution in [0.5, 0.6) is 0 Å². The van der Waals surface area contributed by atoms with Crippen LogP contribution in [0.25, 0.3) is 0 Å². The number of aryl methyl sites for hydroxylation is 2. The summed E-state index contributed by atoms with van der Waals surface area (Å²) in [6, 6.07) is 13.4. The Morgan fingerprint density at radius 1 is 0.789 bits per heavy atom. The average molecular weight is 254 g/mol. The summed E-state index contributed by atoms with van der Waals surface area (Å²) in [6.07, 6.45) is 0. The van der Waals surface area contributed by atoms with Gasteiger partial charge in [-0.3, -0.25) is 0 Å². The van der Waals surface area contributed by atoms with E-state index in [2.05, 4.69) is 10.6 Å². The lowest BCUT2D eigenvalue weighted by atomic mass is 10.1. The average Bonchev–Trinajstić information content (AvgIpc) is 2.38. The molecule has 0 atom stereocenters. The van der Waals surface area contributed by atoms with E-state index in [9.17, 15) is 4.79 Å². The fourth-order valence-corrected chi connectivity index (χ4v) is 1.88. The highest BCUT2D eigenvalue weighted by atomic mass is 16.2. The smallest absolute Gasteiger partial charge is 0.307 e. The van der Waals surface area contributed by atoms with Gasteiger partial charge in [0.2, 0.25) is 0 Å². The van der Waals surface area contributed by atoms with E-state index in [4.69, 9.17) is 0 Å². The molecule has 0 heterocycles. The van der Waals surface area contributed by atoms with Crippen LogP contribution in [-0.4, -0.2) is 6.03 Å². The van der Waals surface area contributed by atoms with Crippen molar-refractivity contribution in [3.63, 3.8) is 0 Å². The van der Waals surface area contributed by atoms with Crippen molar-refractivity contribution in [1.82, 2.24) is 0 Å². The molecule has 0 saturated carbocycles. The third kappa shape index (κ3) is 3.13. The largest absolute Gasteiger partial charge is 0.323 e. The molecule has 0 saturated heterocycles. The zero-order chi connectivity index (χ0) is 13.8. The van der Waals surface area contributed by atoms with Crippen LogP contribution in [0.3, 0.4) is 0 Å². The highest BCUT2D eigenvalue weighted by Crippen LogP contribution is 2.19. The first-order valence-corrected chi connectivity index (χ1v) is 6.28. The predicted octanol–water partition coefficient (Wildman–Crippen LogP) is 4.26. The lowest BCUT2D eigenvalue weighted by Crippen LogP contribution is -2.20. The van der Waals surface area contributed by atoms with Crippen LogP contribution in [0.15, 0.2) is 42.5 Å². The SMILES string of the molecule is Cc1ccccc1NC(=O)Nc1cccc(C)c1C. The quantitative estimate of drug-likeness (QED) is 0.826. The molecule has 0 aromatic heterocycles. The lowest BCUT2D eigenvalue weighted by molar-refractivity contribution is 0.262. The maximum absolute atomic E-state index is 12.0. The maximum Gasteiger partial charge on any atom is 0.323 e. The Bertz CT molecular complexity index is 605. The zero-order valence-electron chi connectivity index (χ0n) is 11.4. The van der Waals surface area contributed by atoms with Gasteiger partial charge < -0.3 is 10.6 Å². The van der Waals surface area contributed by atoms with Crippen molar-refractivity contribution in [3.8, 4) is 0 Å². The first-order valence-electron chi connectivity index (χ1n) is 6.28. The number of amides is 2. The van der Waals surface area contributed by atoms with Crippen molar-refractivity contribution in [2.45, 2.75) is 20.8 Å². The lowest BCUT2D eigenvalue weighted by Gasteiger charge is -2.12. The summed E-state index contributed by atoms with van der Waals surface area (Å²) in [6.45, 7) is 5.99. The summed E-state index contributed by atoms with van der Waals surface area (Å²) in [4.78, 5) is 12.0. The van der Waals surface area contributed by atoms with E-state index in [1.165, 1.54) is 0 Å². The molecule has 0 fully saturated rings. The van der Waals surface area contributed by atoms with Crippen LogP contribution in [0, 0.1) is 20.8 Å². The Kier molecular flexibility index (Phi) is 3.85. The molecule has 0 aliphatic rings. The van der Waals surface area contributed by atoms with E-state index in [1.807, 2.05) is 63.2 Å². The topological polar surface area (TPSA) is 41.1 Å². The summed E-state index contributed by atoms with van der Waals surface area (Å²) >= 11 is 0. The van der Waals surface area contributed by atoms with E-state index in [1.54, 1.807) is 0 Å². The monoisotopic (exact) mass is 254 g/mol. The molecule has 2 N–H and O–H groups in total. The second-order valence-electron chi connectivity index (χ2n) is 4.64. The van der Waals surface area contributed by atoms with Crippen LogP contribution >= 0.6 is 0 Å². The van der Waals surface area contributed by atoms with Crippen molar-refractivity contribution in [3.05, 3.63) is 59.2 Å². The van der Waals surface area contributed by atoms with Gasteiger partial charge in [-0.1, -0.05) is 30.3 Å². The number of carbonyl (C=O) groups is 1. The van der Waals surface area contributed by atoms with Gasteiger partial charge in [-0.2, -0.15) is 0 Å². The van der Waals surface area contributed by atoms with Crippen molar-refractivity contribution in [1.29, 1.82) is 0 Å². The Hall–Kier alpha value is -2.29. The number of para-hydroxylation sites is 1. The van der Waals surface area contributed by atoms with Crippen molar-refractivity contribution in [2.24, 2.45) is 0 Å². The number of urea groups is 1. The fourth-order valence-electron chi connectivity index (χ4n) is 1.88. The standard InChI is InChI=1S/C16H18N2O/c1-11-8-6-10-15(13(11)3)18-16(19)17-14-9-5-4-7-12(14)2/h4-10H,1-3H3,(H2,17,18,19). The molecular weight excluding hydrogens is 236 g/mol. The summed E-state index contributed by atoms with van der Waals surface area (Å²) in [5.74, 6) is 0. The first kappa shape index (κ1) is 13.1. The third-order valence-corrected chi connectivity index (χ3v) is 3.25. The first-order chi connectivity index (χ1) is 9.08. The number of hydrogen-bond donors (Lipinski definition) is 2. The minimum Gasteiger partial charge on any atom is -0.307 e. The second-order valence-corrected chi connectivity index (χ2v) is 4.64. The summed E-state index contributed by atoms with van der Waals surface area (Å²) in [5.41, 5.74) is 4.95. The van der Waals surface area contributed by atoms with Crippen molar-refractivity contribution in [2.75, 3.05) is 10.6 Å². The van der Waals surface area contributed by atoms with Gasteiger partial charge in [-0.05, 0) is 49.6 Å².